The maximum absolute atomic E-state index is 12.0. The van der Waals surface area contributed by atoms with E-state index in [9.17, 15) is 4.79 Å². The molecule has 1 aliphatic carbocycles. The zero-order valence-electron chi connectivity index (χ0n) is 11.3. The second-order valence-electron chi connectivity index (χ2n) is 5.43. The molecule has 0 saturated heterocycles. The number of benzene rings is 1. The van der Waals surface area contributed by atoms with Gasteiger partial charge < -0.3 is 4.74 Å². The molecule has 0 spiro atoms. The van der Waals surface area contributed by atoms with Crippen molar-refractivity contribution in [1.82, 2.24) is 0 Å². The van der Waals surface area contributed by atoms with Crippen LogP contribution in [0.25, 0.3) is 0 Å². The van der Waals surface area contributed by atoms with E-state index in [0.29, 0.717) is 5.92 Å². The molecule has 1 aromatic carbocycles. The summed E-state index contributed by atoms with van der Waals surface area (Å²) in [5.74, 6) is 1.80. The van der Waals surface area contributed by atoms with Crippen LogP contribution in [0.1, 0.15) is 51.0 Å². The predicted octanol–water partition coefficient (Wildman–Crippen LogP) is 3.95. The molecule has 0 radical (unpaired) electrons. The van der Waals surface area contributed by atoms with Crippen LogP contribution in [0.5, 0.6) is 5.75 Å². The lowest BCUT2D eigenvalue weighted by atomic mass is 10.0. The Morgan fingerprint density at radius 2 is 1.94 bits per heavy atom. The SMILES string of the molecule is CC(C)c1ccccc1OCC(=O)C1CCCC1. The highest BCUT2D eigenvalue weighted by atomic mass is 16.5. The third-order valence-corrected chi connectivity index (χ3v) is 3.72. The van der Waals surface area contributed by atoms with Crippen LogP contribution in [-0.4, -0.2) is 12.4 Å². The molecule has 0 N–H and O–H groups in total. The molecule has 1 saturated carbocycles. The molecule has 2 heteroatoms. The molecular formula is C16H22O2. The first-order valence-corrected chi connectivity index (χ1v) is 6.93. The average molecular weight is 246 g/mol. The quantitative estimate of drug-likeness (QED) is 0.786. The second-order valence-corrected chi connectivity index (χ2v) is 5.43. The molecule has 0 aliphatic heterocycles. The summed E-state index contributed by atoms with van der Waals surface area (Å²) in [6.45, 7) is 4.51. The Balaban J connectivity index is 1.95. The average Bonchev–Trinajstić information content (AvgIpc) is 2.90. The van der Waals surface area contributed by atoms with Crippen molar-refractivity contribution in [3.8, 4) is 5.75 Å². The van der Waals surface area contributed by atoms with Gasteiger partial charge in [-0.15, -0.1) is 0 Å². The summed E-state index contributed by atoms with van der Waals surface area (Å²) in [5, 5.41) is 0. The fraction of sp³-hybridized carbons (Fsp3) is 0.562. The molecule has 0 bridgehead atoms. The monoisotopic (exact) mass is 246 g/mol. The molecule has 0 heterocycles. The van der Waals surface area contributed by atoms with Gasteiger partial charge in [-0.1, -0.05) is 44.9 Å². The second kappa shape index (κ2) is 6.03. The van der Waals surface area contributed by atoms with E-state index in [0.717, 1.165) is 18.6 Å². The van der Waals surface area contributed by atoms with Gasteiger partial charge in [0.2, 0.25) is 0 Å². The van der Waals surface area contributed by atoms with E-state index in [2.05, 4.69) is 19.9 Å². The van der Waals surface area contributed by atoms with Crippen LogP contribution < -0.4 is 4.74 Å². The predicted molar refractivity (Wildman–Crippen MR) is 73.0 cm³/mol. The van der Waals surface area contributed by atoms with Gasteiger partial charge >= 0.3 is 0 Å². The maximum atomic E-state index is 12.0. The van der Waals surface area contributed by atoms with Crippen LogP contribution in [0.2, 0.25) is 0 Å². The lowest BCUT2D eigenvalue weighted by Gasteiger charge is -2.14. The zero-order chi connectivity index (χ0) is 13.0. The lowest BCUT2D eigenvalue weighted by Crippen LogP contribution is -2.19. The van der Waals surface area contributed by atoms with Gasteiger partial charge in [-0.2, -0.15) is 0 Å². The summed E-state index contributed by atoms with van der Waals surface area (Å²) in [4.78, 5) is 12.0. The first-order valence-electron chi connectivity index (χ1n) is 6.93. The third kappa shape index (κ3) is 3.12. The number of para-hydroxylation sites is 1. The smallest absolute Gasteiger partial charge is 0.173 e. The number of hydrogen-bond acceptors (Lipinski definition) is 2. The van der Waals surface area contributed by atoms with Crippen molar-refractivity contribution in [2.45, 2.75) is 45.4 Å². The number of ether oxygens (including phenoxy) is 1. The van der Waals surface area contributed by atoms with Gasteiger partial charge in [0.1, 0.15) is 12.4 Å². The van der Waals surface area contributed by atoms with Gasteiger partial charge in [0.15, 0.2) is 5.78 Å². The molecule has 98 valence electrons. The van der Waals surface area contributed by atoms with Crippen LogP contribution in [-0.2, 0) is 4.79 Å². The van der Waals surface area contributed by atoms with Crippen LogP contribution in [0.15, 0.2) is 24.3 Å². The van der Waals surface area contributed by atoms with Crippen molar-refractivity contribution in [3.63, 3.8) is 0 Å². The van der Waals surface area contributed by atoms with Crippen molar-refractivity contribution >= 4 is 5.78 Å². The highest BCUT2D eigenvalue weighted by Gasteiger charge is 2.23. The Morgan fingerprint density at radius 3 is 2.61 bits per heavy atom. The molecule has 1 aliphatic rings. The molecule has 0 aromatic heterocycles. The van der Waals surface area contributed by atoms with Gasteiger partial charge in [-0.25, -0.2) is 0 Å². The van der Waals surface area contributed by atoms with E-state index in [1.807, 2.05) is 18.2 Å². The van der Waals surface area contributed by atoms with Crippen molar-refractivity contribution in [3.05, 3.63) is 29.8 Å². The van der Waals surface area contributed by atoms with Crippen molar-refractivity contribution in [2.75, 3.05) is 6.61 Å². The third-order valence-electron chi connectivity index (χ3n) is 3.72. The number of carbonyl (C=O) groups is 1. The van der Waals surface area contributed by atoms with E-state index >= 15 is 0 Å². The minimum atomic E-state index is 0.231. The number of carbonyl (C=O) groups excluding carboxylic acids is 1. The Morgan fingerprint density at radius 1 is 1.28 bits per heavy atom. The molecular weight excluding hydrogens is 224 g/mol. The highest BCUT2D eigenvalue weighted by molar-refractivity contribution is 5.82. The molecule has 0 atom stereocenters. The van der Waals surface area contributed by atoms with Crippen LogP contribution >= 0.6 is 0 Å². The topological polar surface area (TPSA) is 26.3 Å². The standard InChI is InChI=1S/C16H22O2/c1-12(2)14-9-5-6-10-16(14)18-11-15(17)13-7-3-4-8-13/h5-6,9-10,12-13H,3-4,7-8,11H2,1-2H3. The van der Waals surface area contributed by atoms with Gasteiger partial charge in [-0.3, -0.25) is 4.79 Å². The van der Waals surface area contributed by atoms with Crippen molar-refractivity contribution in [1.29, 1.82) is 0 Å². The van der Waals surface area contributed by atoms with Gasteiger partial charge in [0.25, 0.3) is 0 Å². The van der Waals surface area contributed by atoms with E-state index in [1.165, 1.54) is 18.4 Å². The zero-order valence-corrected chi connectivity index (χ0v) is 11.3. The summed E-state index contributed by atoms with van der Waals surface area (Å²) < 4.78 is 5.72. The molecule has 2 nitrogen and oxygen atoms in total. The first-order chi connectivity index (χ1) is 8.68. The fourth-order valence-electron chi connectivity index (χ4n) is 2.60. The summed E-state index contributed by atoms with van der Waals surface area (Å²) in [7, 11) is 0. The largest absolute Gasteiger partial charge is 0.486 e. The normalized spacial score (nSPS) is 16.2. The van der Waals surface area contributed by atoms with E-state index < -0.39 is 0 Å². The Kier molecular flexibility index (Phi) is 4.40. The number of hydrogen-bond donors (Lipinski definition) is 0. The molecule has 0 amide bonds. The van der Waals surface area contributed by atoms with Crippen LogP contribution in [0, 0.1) is 5.92 Å². The maximum Gasteiger partial charge on any atom is 0.173 e. The minimum Gasteiger partial charge on any atom is -0.486 e. The Labute approximate surface area is 109 Å². The van der Waals surface area contributed by atoms with Gasteiger partial charge in [0, 0.05) is 5.92 Å². The van der Waals surface area contributed by atoms with E-state index in [1.54, 1.807) is 0 Å². The van der Waals surface area contributed by atoms with Crippen molar-refractivity contribution < 1.29 is 9.53 Å². The molecule has 18 heavy (non-hydrogen) atoms. The Bertz CT molecular complexity index is 403. The molecule has 2 rings (SSSR count). The summed E-state index contributed by atoms with van der Waals surface area (Å²) >= 11 is 0. The molecule has 0 unspecified atom stereocenters. The first kappa shape index (κ1) is 13.1. The van der Waals surface area contributed by atoms with Crippen molar-refractivity contribution in [2.24, 2.45) is 5.92 Å². The van der Waals surface area contributed by atoms with Crippen LogP contribution in [0.3, 0.4) is 0 Å². The van der Waals surface area contributed by atoms with Gasteiger partial charge in [0.05, 0.1) is 0 Å². The summed E-state index contributed by atoms with van der Waals surface area (Å²) in [5.41, 5.74) is 1.18. The van der Waals surface area contributed by atoms with E-state index in [4.69, 9.17) is 4.74 Å². The van der Waals surface area contributed by atoms with Crippen LogP contribution in [0.4, 0.5) is 0 Å². The number of Topliss-reactive ketones (excluding diaryl/α,β-unsaturated/α-hetero) is 1. The summed E-state index contributed by atoms with van der Waals surface area (Å²) in [6.07, 6.45) is 4.49. The minimum absolute atomic E-state index is 0.231. The molecule has 1 aromatic rings. The number of rotatable bonds is 5. The Hall–Kier alpha value is -1.31. The fourth-order valence-corrected chi connectivity index (χ4v) is 2.60. The summed E-state index contributed by atoms with van der Waals surface area (Å²) in [6, 6.07) is 8.00. The number of ketones is 1. The highest BCUT2D eigenvalue weighted by Crippen LogP contribution is 2.28. The van der Waals surface area contributed by atoms with E-state index in [-0.39, 0.29) is 18.3 Å². The molecule has 1 fully saturated rings. The van der Waals surface area contributed by atoms with Gasteiger partial charge in [-0.05, 0) is 30.4 Å². The lowest BCUT2D eigenvalue weighted by molar-refractivity contribution is -0.124.